The molecule has 20 heavy (non-hydrogen) atoms. The van der Waals surface area contributed by atoms with E-state index in [0.717, 1.165) is 6.92 Å². The molecule has 0 saturated heterocycles. The Morgan fingerprint density at radius 2 is 2.00 bits per heavy atom. The van der Waals surface area contributed by atoms with Crippen LogP contribution in [-0.2, 0) is 27.9 Å². The molecule has 0 spiro atoms. The van der Waals surface area contributed by atoms with Gasteiger partial charge in [-0.1, -0.05) is 0 Å². The minimum Gasteiger partial charge on any atom is -0.462 e. The van der Waals surface area contributed by atoms with Crippen molar-refractivity contribution in [1.29, 1.82) is 0 Å². The van der Waals surface area contributed by atoms with Crippen molar-refractivity contribution in [2.24, 2.45) is 5.73 Å². The van der Waals surface area contributed by atoms with Crippen molar-refractivity contribution < 1.29 is 37.6 Å². The van der Waals surface area contributed by atoms with Gasteiger partial charge in [0, 0.05) is 13.5 Å². The molecule has 11 heteroatoms. The molecule has 1 amide bonds. The highest BCUT2D eigenvalue weighted by molar-refractivity contribution is 7.47. The largest absolute Gasteiger partial charge is 0.472 e. The second-order valence-electron chi connectivity index (χ2n) is 3.56. The maximum absolute atomic E-state index is 11.4. The van der Waals surface area contributed by atoms with Crippen LogP contribution in [0.25, 0.3) is 0 Å². The molecular weight excluding hydrogens is 295 g/mol. The standard InChI is InChI=1S/C9H19N2O8P/c1-7(12)16-5-8(19-9(10)13)6-18-20(14,15)17-4-3-11-2/h8,11H,3-6H2,1-2H3,(H2,10,13)(H,14,15). The van der Waals surface area contributed by atoms with Crippen LogP contribution in [0.3, 0.4) is 0 Å². The average molecular weight is 314 g/mol. The number of hydrogen-bond donors (Lipinski definition) is 3. The zero-order valence-electron chi connectivity index (χ0n) is 11.2. The number of carbonyl (C=O) groups is 2. The smallest absolute Gasteiger partial charge is 0.462 e. The van der Waals surface area contributed by atoms with Crippen LogP contribution in [0, 0.1) is 0 Å². The van der Waals surface area contributed by atoms with Crippen molar-refractivity contribution >= 4 is 19.9 Å². The van der Waals surface area contributed by atoms with E-state index in [0.29, 0.717) is 6.54 Å². The predicted octanol–water partition coefficient (Wildman–Crippen LogP) is -0.634. The van der Waals surface area contributed by atoms with Gasteiger partial charge < -0.3 is 25.4 Å². The predicted molar refractivity (Wildman–Crippen MR) is 66.7 cm³/mol. The van der Waals surface area contributed by atoms with E-state index in [1.807, 2.05) is 0 Å². The Balaban J connectivity index is 4.24. The topological polar surface area (TPSA) is 146 Å². The first-order valence-corrected chi connectivity index (χ1v) is 7.12. The fraction of sp³-hybridized carbons (Fsp3) is 0.778. The number of nitrogens with two attached hydrogens (primary N) is 1. The highest BCUT2D eigenvalue weighted by Crippen LogP contribution is 2.43. The average Bonchev–Trinajstić information content (AvgIpc) is 2.32. The highest BCUT2D eigenvalue weighted by atomic mass is 31.2. The van der Waals surface area contributed by atoms with E-state index in [1.54, 1.807) is 7.05 Å². The van der Waals surface area contributed by atoms with E-state index in [2.05, 4.69) is 23.8 Å². The molecule has 0 heterocycles. The number of esters is 1. The summed E-state index contributed by atoms with van der Waals surface area (Å²) in [4.78, 5) is 30.6. The first kappa shape index (κ1) is 18.8. The van der Waals surface area contributed by atoms with Crippen LogP contribution in [0.4, 0.5) is 4.79 Å². The van der Waals surface area contributed by atoms with Gasteiger partial charge in [-0.15, -0.1) is 0 Å². The zero-order chi connectivity index (χ0) is 15.6. The van der Waals surface area contributed by atoms with Crippen molar-refractivity contribution in [1.82, 2.24) is 5.32 Å². The summed E-state index contributed by atoms with van der Waals surface area (Å²) in [5, 5.41) is 2.71. The molecule has 0 saturated carbocycles. The Bertz CT molecular complexity index is 364. The maximum atomic E-state index is 11.4. The molecule has 0 aliphatic rings. The Morgan fingerprint density at radius 3 is 2.50 bits per heavy atom. The van der Waals surface area contributed by atoms with Gasteiger partial charge in [0.1, 0.15) is 6.61 Å². The lowest BCUT2D eigenvalue weighted by Crippen LogP contribution is -2.31. The number of hydrogen-bond acceptors (Lipinski definition) is 8. The molecule has 4 N–H and O–H groups in total. The summed E-state index contributed by atoms with van der Waals surface area (Å²) in [6.07, 6.45) is -2.24. The Morgan fingerprint density at radius 1 is 1.35 bits per heavy atom. The van der Waals surface area contributed by atoms with Gasteiger partial charge in [0.25, 0.3) is 0 Å². The van der Waals surface area contributed by atoms with E-state index in [4.69, 9.17) is 5.73 Å². The second-order valence-corrected chi connectivity index (χ2v) is 5.02. The minimum atomic E-state index is -4.28. The molecule has 2 unspecified atom stereocenters. The van der Waals surface area contributed by atoms with Gasteiger partial charge in [0.2, 0.25) is 0 Å². The molecule has 0 aromatic carbocycles. The molecule has 0 bridgehead atoms. The van der Waals surface area contributed by atoms with Gasteiger partial charge in [-0.2, -0.15) is 0 Å². The van der Waals surface area contributed by atoms with Gasteiger partial charge >= 0.3 is 19.9 Å². The Labute approximate surface area is 116 Å². The highest BCUT2D eigenvalue weighted by Gasteiger charge is 2.25. The SMILES string of the molecule is CNCCOP(=O)(O)OCC(COC(C)=O)OC(N)=O. The second kappa shape index (κ2) is 9.67. The van der Waals surface area contributed by atoms with Gasteiger partial charge in [0.15, 0.2) is 6.10 Å². The summed E-state index contributed by atoms with van der Waals surface area (Å²) in [5.74, 6) is -0.611. The fourth-order valence-electron chi connectivity index (χ4n) is 0.968. The maximum Gasteiger partial charge on any atom is 0.472 e. The third kappa shape index (κ3) is 10.7. The van der Waals surface area contributed by atoms with Gasteiger partial charge in [-0.25, -0.2) is 9.36 Å². The van der Waals surface area contributed by atoms with Gasteiger partial charge in [0.05, 0.1) is 13.2 Å². The molecule has 0 radical (unpaired) electrons. The summed E-state index contributed by atoms with van der Waals surface area (Å²) < 4.78 is 29.8. The Kier molecular flexibility index (Phi) is 9.10. The van der Waals surface area contributed by atoms with E-state index >= 15 is 0 Å². The molecule has 0 aliphatic heterocycles. The lowest BCUT2D eigenvalue weighted by molar-refractivity contribution is -0.144. The van der Waals surface area contributed by atoms with E-state index < -0.39 is 32.6 Å². The lowest BCUT2D eigenvalue weighted by Gasteiger charge is -2.18. The number of carbonyl (C=O) groups excluding carboxylic acids is 2. The van der Waals surface area contributed by atoms with Gasteiger partial charge in [-0.3, -0.25) is 13.8 Å². The summed E-state index contributed by atoms with van der Waals surface area (Å²) in [6, 6.07) is 0. The quantitative estimate of drug-likeness (QED) is 0.272. The summed E-state index contributed by atoms with van der Waals surface area (Å²) in [6.45, 7) is 0.594. The molecule has 0 rings (SSSR count). The van der Waals surface area contributed by atoms with E-state index in [9.17, 15) is 19.0 Å². The van der Waals surface area contributed by atoms with E-state index in [-0.39, 0.29) is 13.2 Å². The molecule has 118 valence electrons. The summed E-state index contributed by atoms with van der Waals surface area (Å²) in [7, 11) is -2.64. The van der Waals surface area contributed by atoms with Crippen molar-refractivity contribution in [3.63, 3.8) is 0 Å². The number of phosphoric acid groups is 1. The zero-order valence-corrected chi connectivity index (χ0v) is 12.1. The van der Waals surface area contributed by atoms with Gasteiger partial charge in [-0.05, 0) is 7.05 Å². The normalized spacial score (nSPS) is 15.2. The monoisotopic (exact) mass is 314 g/mol. The number of phosphoric ester groups is 1. The lowest BCUT2D eigenvalue weighted by atomic mass is 10.4. The molecule has 0 fully saturated rings. The van der Waals surface area contributed by atoms with E-state index in [1.165, 1.54) is 0 Å². The van der Waals surface area contributed by atoms with Crippen molar-refractivity contribution in [3.05, 3.63) is 0 Å². The molecule has 0 aliphatic carbocycles. The fourth-order valence-corrected chi connectivity index (χ4v) is 1.72. The number of amides is 1. The molecule has 0 aromatic heterocycles. The van der Waals surface area contributed by atoms with Crippen LogP contribution in [0.5, 0.6) is 0 Å². The number of primary amides is 1. The van der Waals surface area contributed by atoms with Crippen LogP contribution < -0.4 is 11.1 Å². The van der Waals surface area contributed by atoms with Crippen LogP contribution >= 0.6 is 7.82 Å². The molecule has 0 aromatic rings. The van der Waals surface area contributed by atoms with Crippen LogP contribution in [0.1, 0.15) is 6.92 Å². The van der Waals surface area contributed by atoms with Crippen LogP contribution in [0.2, 0.25) is 0 Å². The number of rotatable bonds is 10. The summed E-state index contributed by atoms with van der Waals surface area (Å²) >= 11 is 0. The number of likely N-dealkylation sites (N-methyl/N-ethyl adjacent to an activating group) is 1. The third-order valence-corrected chi connectivity index (χ3v) is 2.77. The van der Waals surface area contributed by atoms with Crippen LogP contribution in [0.15, 0.2) is 0 Å². The molecule has 10 nitrogen and oxygen atoms in total. The third-order valence-electron chi connectivity index (χ3n) is 1.79. The number of nitrogens with one attached hydrogen (secondary N) is 1. The first-order valence-electron chi connectivity index (χ1n) is 5.62. The minimum absolute atomic E-state index is 0.0461. The van der Waals surface area contributed by atoms with Crippen LogP contribution in [-0.4, -0.2) is 56.5 Å². The Hall–Kier alpha value is -1.19. The number of ether oxygens (including phenoxy) is 2. The van der Waals surface area contributed by atoms with Crippen molar-refractivity contribution in [2.45, 2.75) is 13.0 Å². The first-order chi connectivity index (χ1) is 9.26. The molecular formula is C9H19N2O8P. The molecule has 2 atom stereocenters. The van der Waals surface area contributed by atoms with Crippen molar-refractivity contribution in [3.8, 4) is 0 Å². The summed E-state index contributed by atoms with van der Waals surface area (Å²) in [5.41, 5.74) is 4.81. The van der Waals surface area contributed by atoms with Crippen molar-refractivity contribution in [2.75, 3.05) is 33.4 Å².